The van der Waals surface area contributed by atoms with Crippen molar-refractivity contribution in [2.45, 2.75) is 90.0 Å². The maximum atomic E-state index is 13.2. The molecule has 5 rings (SSSR count). The van der Waals surface area contributed by atoms with Crippen molar-refractivity contribution in [2.75, 3.05) is 13.1 Å². The van der Waals surface area contributed by atoms with Crippen LogP contribution in [0.25, 0.3) is 0 Å². The fourth-order valence-corrected chi connectivity index (χ4v) is 5.57. The van der Waals surface area contributed by atoms with E-state index in [1.54, 1.807) is 4.68 Å². The van der Waals surface area contributed by atoms with Gasteiger partial charge in [-0.3, -0.25) is 9.59 Å². The van der Waals surface area contributed by atoms with Gasteiger partial charge in [0.05, 0.1) is 18.8 Å². The Morgan fingerprint density at radius 2 is 1.66 bits per heavy atom. The van der Waals surface area contributed by atoms with Crippen molar-refractivity contribution in [1.29, 1.82) is 0 Å². The summed E-state index contributed by atoms with van der Waals surface area (Å²) in [5.41, 5.74) is 3.43. The van der Waals surface area contributed by atoms with E-state index in [1.165, 1.54) is 37.7 Å². The molecule has 0 bridgehead atoms. The topological polar surface area (TPSA) is 89.4 Å². The number of fused-ring (bicyclic) bond motifs is 1. The van der Waals surface area contributed by atoms with Crippen molar-refractivity contribution in [3.05, 3.63) is 46.8 Å². The lowest BCUT2D eigenvalue weighted by molar-refractivity contribution is -0.127. The molecule has 1 atom stereocenters. The van der Waals surface area contributed by atoms with E-state index >= 15 is 0 Å². The van der Waals surface area contributed by atoms with Gasteiger partial charge in [0.2, 0.25) is 5.91 Å². The lowest BCUT2D eigenvalue weighted by atomic mass is 9.93. The van der Waals surface area contributed by atoms with Crippen molar-refractivity contribution in [1.82, 2.24) is 25.2 Å². The molecule has 8 heteroatoms. The SMILES string of the molecule is Cc1ccc([C@@H]2Cn3nnc(C(=O)N4CCC(C(=O)NC5CCCCCCC5)CC4)c3CO2)cc1. The number of carbonyl (C=O) groups excluding carboxylic acids is 2. The second-order valence-electron chi connectivity index (χ2n) is 10.4. The van der Waals surface area contributed by atoms with Crippen LogP contribution in [0.15, 0.2) is 24.3 Å². The molecule has 1 aromatic carbocycles. The smallest absolute Gasteiger partial charge is 0.276 e. The van der Waals surface area contributed by atoms with E-state index in [0.717, 1.165) is 24.1 Å². The molecule has 1 saturated heterocycles. The Labute approximate surface area is 207 Å². The molecular weight excluding hydrogens is 442 g/mol. The first-order chi connectivity index (χ1) is 17.1. The van der Waals surface area contributed by atoms with Gasteiger partial charge in [-0.1, -0.05) is 67.1 Å². The van der Waals surface area contributed by atoms with E-state index in [-0.39, 0.29) is 23.8 Å². The zero-order chi connectivity index (χ0) is 24.2. The van der Waals surface area contributed by atoms with Crippen molar-refractivity contribution in [2.24, 2.45) is 5.92 Å². The fraction of sp³-hybridized carbons (Fsp3) is 0.630. The molecule has 1 aliphatic carbocycles. The minimum absolute atomic E-state index is 0.0165. The van der Waals surface area contributed by atoms with Crippen LogP contribution in [0.3, 0.4) is 0 Å². The fourth-order valence-electron chi connectivity index (χ4n) is 5.57. The van der Waals surface area contributed by atoms with Crippen LogP contribution < -0.4 is 5.32 Å². The largest absolute Gasteiger partial charge is 0.365 e. The van der Waals surface area contributed by atoms with Gasteiger partial charge in [-0.25, -0.2) is 4.68 Å². The van der Waals surface area contributed by atoms with Gasteiger partial charge >= 0.3 is 0 Å². The van der Waals surface area contributed by atoms with Crippen molar-refractivity contribution in [3.63, 3.8) is 0 Å². The van der Waals surface area contributed by atoms with E-state index in [0.29, 0.717) is 50.8 Å². The summed E-state index contributed by atoms with van der Waals surface area (Å²) in [5, 5.41) is 11.8. The molecule has 0 unspecified atom stereocenters. The van der Waals surface area contributed by atoms with E-state index < -0.39 is 0 Å². The van der Waals surface area contributed by atoms with Crippen molar-refractivity contribution < 1.29 is 14.3 Å². The number of nitrogens with zero attached hydrogens (tertiary/aromatic N) is 4. The number of likely N-dealkylation sites (tertiary alicyclic amines) is 1. The number of aryl methyl sites for hydroxylation is 1. The van der Waals surface area contributed by atoms with Crippen LogP contribution in [0.4, 0.5) is 0 Å². The number of carbonyl (C=O) groups is 2. The average molecular weight is 480 g/mol. The molecule has 1 aromatic heterocycles. The summed E-state index contributed by atoms with van der Waals surface area (Å²) in [7, 11) is 0. The predicted octanol–water partition coefficient (Wildman–Crippen LogP) is 3.94. The summed E-state index contributed by atoms with van der Waals surface area (Å²) in [6, 6.07) is 8.62. The summed E-state index contributed by atoms with van der Waals surface area (Å²) >= 11 is 0. The molecule has 35 heavy (non-hydrogen) atoms. The molecule has 1 saturated carbocycles. The van der Waals surface area contributed by atoms with Gasteiger partial charge in [-0.15, -0.1) is 5.10 Å². The normalized spacial score (nSPS) is 22.2. The zero-order valence-corrected chi connectivity index (χ0v) is 20.7. The van der Waals surface area contributed by atoms with Gasteiger partial charge in [0.15, 0.2) is 5.69 Å². The number of nitrogens with one attached hydrogen (secondary N) is 1. The number of amides is 2. The molecule has 2 fully saturated rings. The summed E-state index contributed by atoms with van der Waals surface area (Å²) in [4.78, 5) is 27.9. The molecule has 3 aliphatic rings. The van der Waals surface area contributed by atoms with Gasteiger partial charge in [-0.05, 0) is 38.2 Å². The van der Waals surface area contributed by atoms with E-state index in [1.807, 2.05) is 4.90 Å². The molecule has 3 heterocycles. The quantitative estimate of drug-likeness (QED) is 0.718. The number of hydrogen-bond donors (Lipinski definition) is 1. The first kappa shape index (κ1) is 24.0. The van der Waals surface area contributed by atoms with Crippen molar-refractivity contribution in [3.8, 4) is 0 Å². The number of piperidine rings is 1. The standard InChI is InChI=1S/C27H37N5O3/c1-19-9-11-20(12-10-19)24-17-32-23(18-35-24)25(29-30-32)27(34)31-15-13-21(14-16-31)26(33)28-22-7-5-3-2-4-6-8-22/h9-12,21-22,24H,2-8,13-18H2,1H3,(H,28,33)/t24-/m0/s1. The highest BCUT2D eigenvalue weighted by atomic mass is 16.5. The highest BCUT2D eigenvalue weighted by molar-refractivity contribution is 5.93. The first-order valence-corrected chi connectivity index (χ1v) is 13.3. The van der Waals surface area contributed by atoms with Crippen LogP contribution in [-0.4, -0.2) is 50.8 Å². The minimum atomic E-state index is -0.109. The molecule has 8 nitrogen and oxygen atoms in total. The lowest BCUT2D eigenvalue weighted by Gasteiger charge is -2.32. The number of rotatable bonds is 4. The number of benzene rings is 1. The molecule has 2 aromatic rings. The van der Waals surface area contributed by atoms with Crippen LogP contribution in [0, 0.1) is 12.8 Å². The molecule has 1 N–H and O–H groups in total. The number of hydrogen-bond acceptors (Lipinski definition) is 5. The van der Waals surface area contributed by atoms with Crippen LogP contribution in [0.5, 0.6) is 0 Å². The summed E-state index contributed by atoms with van der Waals surface area (Å²) in [5.74, 6) is 0.0406. The monoisotopic (exact) mass is 479 g/mol. The van der Waals surface area contributed by atoms with Crippen LogP contribution in [0.1, 0.15) is 91.2 Å². The third kappa shape index (κ3) is 5.58. The second-order valence-corrected chi connectivity index (χ2v) is 10.4. The van der Waals surface area contributed by atoms with E-state index in [2.05, 4.69) is 46.8 Å². The maximum absolute atomic E-state index is 13.2. The van der Waals surface area contributed by atoms with Gasteiger partial charge in [0.25, 0.3) is 5.91 Å². The lowest BCUT2D eigenvalue weighted by Crippen LogP contribution is -2.45. The molecule has 188 valence electrons. The third-order valence-electron chi connectivity index (χ3n) is 7.85. The highest BCUT2D eigenvalue weighted by Crippen LogP contribution is 2.28. The Balaban J connectivity index is 1.15. The van der Waals surface area contributed by atoms with Crippen LogP contribution in [0.2, 0.25) is 0 Å². The first-order valence-electron chi connectivity index (χ1n) is 13.3. The predicted molar refractivity (Wildman–Crippen MR) is 132 cm³/mol. The Morgan fingerprint density at radius 3 is 2.37 bits per heavy atom. The zero-order valence-electron chi connectivity index (χ0n) is 20.7. The number of aromatic nitrogens is 3. The average Bonchev–Trinajstić information content (AvgIpc) is 3.29. The molecule has 2 amide bonds. The maximum Gasteiger partial charge on any atom is 0.276 e. The Kier molecular flexibility index (Phi) is 7.46. The minimum Gasteiger partial charge on any atom is -0.365 e. The Morgan fingerprint density at radius 1 is 0.971 bits per heavy atom. The molecule has 0 spiro atoms. The third-order valence-corrected chi connectivity index (χ3v) is 7.85. The van der Waals surface area contributed by atoms with Gasteiger partial charge in [-0.2, -0.15) is 0 Å². The highest BCUT2D eigenvalue weighted by Gasteiger charge is 2.33. The number of ether oxygens (including phenoxy) is 1. The van der Waals surface area contributed by atoms with E-state index in [4.69, 9.17) is 4.74 Å². The molecular formula is C27H37N5O3. The Bertz CT molecular complexity index is 1020. The summed E-state index contributed by atoms with van der Waals surface area (Å²) < 4.78 is 7.88. The van der Waals surface area contributed by atoms with Gasteiger partial charge in [0, 0.05) is 25.0 Å². The summed E-state index contributed by atoms with van der Waals surface area (Å²) in [6.07, 6.45) is 9.76. The van der Waals surface area contributed by atoms with Crippen molar-refractivity contribution >= 4 is 11.8 Å². The van der Waals surface area contributed by atoms with Gasteiger partial charge < -0.3 is 15.0 Å². The van der Waals surface area contributed by atoms with E-state index in [9.17, 15) is 9.59 Å². The molecule has 0 radical (unpaired) electrons. The van der Waals surface area contributed by atoms with Crippen LogP contribution in [-0.2, 0) is 22.7 Å². The van der Waals surface area contributed by atoms with Gasteiger partial charge in [0.1, 0.15) is 6.10 Å². The second kappa shape index (κ2) is 10.9. The van der Waals surface area contributed by atoms with Crippen LogP contribution >= 0.6 is 0 Å². The summed E-state index contributed by atoms with van der Waals surface area (Å²) in [6.45, 7) is 4.06. The Hall–Kier alpha value is -2.74. The molecule has 2 aliphatic heterocycles.